The van der Waals surface area contributed by atoms with Gasteiger partial charge in [-0.15, -0.1) is 0 Å². The minimum absolute atomic E-state index is 0.174. The van der Waals surface area contributed by atoms with Gasteiger partial charge in [0, 0.05) is 12.0 Å². The topological polar surface area (TPSA) is 26.3 Å². The zero-order chi connectivity index (χ0) is 14.0. The predicted octanol–water partition coefficient (Wildman–Crippen LogP) is 4.27. The van der Waals surface area contributed by atoms with E-state index in [1.807, 2.05) is 18.2 Å². The molecule has 0 aliphatic carbocycles. The van der Waals surface area contributed by atoms with E-state index in [0.717, 1.165) is 30.8 Å². The maximum atomic E-state index is 12.3. The minimum Gasteiger partial charge on any atom is -0.493 e. The third kappa shape index (κ3) is 3.37. The van der Waals surface area contributed by atoms with Crippen molar-refractivity contribution in [2.45, 2.75) is 47.0 Å². The number of benzene rings is 1. The van der Waals surface area contributed by atoms with E-state index in [1.165, 1.54) is 5.56 Å². The molecule has 0 N–H and O–H groups in total. The highest BCUT2D eigenvalue weighted by Gasteiger charge is 2.23. The van der Waals surface area contributed by atoms with Crippen LogP contribution in [0.4, 0.5) is 0 Å². The summed E-state index contributed by atoms with van der Waals surface area (Å²) in [5, 5.41) is 0. The van der Waals surface area contributed by atoms with Crippen molar-refractivity contribution in [3.05, 3.63) is 29.3 Å². The van der Waals surface area contributed by atoms with E-state index in [0.29, 0.717) is 12.3 Å². The fourth-order valence-corrected chi connectivity index (χ4v) is 2.24. The van der Waals surface area contributed by atoms with Crippen molar-refractivity contribution >= 4 is 5.78 Å². The monoisotopic (exact) mass is 260 g/mol. The lowest BCUT2D eigenvalue weighted by Crippen LogP contribution is -2.20. The van der Waals surface area contributed by atoms with Crippen molar-refractivity contribution in [1.29, 1.82) is 0 Å². The molecule has 2 heteroatoms. The molecule has 0 amide bonds. The lowest BCUT2D eigenvalue weighted by molar-refractivity contribution is 0.0927. The zero-order valence-electron chi connectivity index (χ0n) is 12.5. The average molecular weight is 260 g/mol. The summed E-state index contributed by atoms with van der Waals surface area (Å²) in [5.41, 5.74) is 2.19. The van der Waals surface area contributed by atoms with Crippen LogP contribution in [-0.2, 0) is 6.42 Å². The summed E-state index contributed by atoms with van der Waals surface area (Å²) in [7, 11) is 0. The summed E-state index contributed by atoms with van der Waals surface area (Å²) in [6.45, 7) is 9.50. The van der Waals surface area contributed by atoms with Gasteiger partial charge in [0.05, 0.1) is 6.61 Å². The zero-order valence-corrected chi connectivity index (χ0v) is 12.5. The molecule has 1 aromatic carbocycles. The van der Waals surface area contributed by atoms with Crippen LogP contribution in [0, 0.1) is 11.3 Å². The Labute approximate surface area is 116 Å². The Bertz CT molecular complexity index is 469. The van der Waals surface area contributed by atoms with E-state index in [2.05, 4.69) is 27.7 Å². The van der Waals surface area contributed by atoms with Crippen molar-refractivity contribution in [3.8, 4) is 5.75 Å². The molecule has 2 nitrogen and oxygen atoms in total. The van der Waals surface area contributed by atoms with Crippen LogP contribution < -0.4 is 4.74 Å². The van der Waals surface area contributed by atoms with Crippen molar-refractivity contribution in [2.24, 2.45) is 11.3 Å². The number of ketones is 1. The second-order valence-corrected chi connectivity index (χ2v) is 6.67. The second kappa shape index (κ2) is 5.36. The van der Waals surface area contributed by atoms with Crippen LogP contribution >= 0.6 is 0 Å². The number of carbonyl (C=O) groups is 1. The quantitative estimate of drug-likeness (QED) is 0.759. The Morgan fingerprint density at radius 2 is 2.11 bits per heavy atom. The van der Waals surface area contributed by atoms with Gasteiger partial charge in [-0.3, -0.25) is 4.79 Å². The van der Waals surface area contributed by atoms with E-state index in [4.69, 9.17) is 4.74 Å². The molecule has 1 heterocycles. The van der Waals surface area contributed by atoms with E-state index in [-0.39, 0.29) is 11.2 Å². The predicted molar refractivity (Wildman–Crippen MR) is 77.8 cm³/mol. The molecule has 19 heavy (non-hydrogen) atoms. The van der Waals surface area contributed by atoms with E-state index >= 15 is 0 Å². The summed E-state index contributed by atoms with van der Waals surface area (Å²) in [4.78, 5) is 12.3. The van der Waals surface area contributed by atoms with Gasteiger partial charge in [-0.2, -0.15) is 0 Å². The second-order valence-electron chi connectivity index (χ2n) is 6.67. The number of rotatable bonds is 3. The highest BCUT2D eigenvalue weighted by molar-refractivity contribution is 5.96. The van der Waals surface area contributed by atoms with E-state index < -0.39 is 0 Å². The average Bonchev–Trinajstić information content (AvgIpc) is 2.37. The first kappa shape index (κ1) is 14.1. The Hall–Kier alpha value is -1.31. The highest BCUT2D eigenvalue weighted by Crippen LogP contribution is 2.30. The smallest absolute Gasteiger partial charge is 0.163 e. The molecule has 0 saturated heterocycles. The van der Waals surface area contributed by atoms with Crippen LogP contribution in [-0.4, -0.2) is 12.4 Å². The van der Waals surface area contributed by atoms with Crippen molar-refractivity contribution < 1.29 is 9.53 Å². The molecule has 1 aliphatic rings. The van der Waals surface area contributed by atoms with Crippen LogP contribution in [0.3, 0.4) is 0 Å². The van der Waals surface area contributed by atoms with Gasteiger partial charge in [0.1, 0.15) is 5.75 Å². The van der Waals surface area contributed by atoms with E-state index in [9.17, 15) is 4.79 Å². The van der Waals surface area contributed by atoms with Gasteiger partial charge < -0.3 is 4.74 Å². The normalized spacial score (nSPS) is 16.4. The van der Waals surface area contributed by atoms with Gasteiger partial charge in [0.2, 0.25) is 0 Å². The van der Waals surface area contributed by atoms with E-state index in [1.54, 1.807) is 0 Å². The lowest BCUT2D eigenvalue weighted by atomic mass is 9.78. The molecule has 0 aromatic heterocycles. The van der Waals surface area contributed by atoms with Crippen LogP contribution in [0.25, 0.3) is 0 Å². The summed E-state index contributed by atoms with van der Waals surface area (Å²) < 4.78 is 5.58. The lowest BCUT2D eigenvalue weighted by Gasteiger charge is -2.26. The standard InChI is InChI=1S/C17H24O2/c1-12(17(2,3)4)10-15(18)13-7-8-16-14(11-13)6-5-9-19-16/h7-8,11-12H,5-6,9-10H2,1-4H3. The van der Waals surface area contributed by atoms with Gasteiger partial charge in [-0.1, -0.05) is 27.7 Å². The molecule has 2 rings (SSSR count). The molecule has 0 fully saturated rings. The maximum absolute atomic E-state index is 12.3. The third-order valence-corrected chi connectivity index (χ3v) is 4.20. The van der Waals surface area contributed by atoms with Crippen molar-refractivity contribution in [2.75, 3.05) is 6.61 Å². The van der Waals surface area contributed by atoms with Crippen LogP contribution in [0.15, 0.2) is 18.2 Å². The largest absolute Gasteiger partial charge is 0.493 e. The van der Waals surface area contributed by atoms with Crippen LogP contribution in [0.5, 0.6) is 5.75 Å². The molecule has 0 bridgehead atoms. The Morgan fingerprint density at radius 3 is 2.79 bits per heavy atom. The molecule has 1 atom stereocenters. The SMILES string of the molecule is CC(CC(=O)c1ccc2c(c1)CCCO2)C(C)(C)C. The molecular formula is C17H24O2. The number of Topliss-reactive ketones (excluding diaryl/α,β-unsaturated/α-hetero) is 1. The number of carbonyl (C=O) groups excluding carboxylic acids is 1. The summed E-state index contributed by atoms with van der Waals surface area (Å²) in [5.74, 6) is 1.58. The Morgan fingerprint density at radius 1 is 1.37 bits per heavy atom. The van der Waals surface area contributed by atoms with Crippen LogP contribution in [0.1, 0.15) is 56.5 Å². The Kier molecular flexibility index (Phi) is 3.98. The summed E-state index contributed by atoms with van der Waals surface area (Å²) in [6, 6.07) is 5.87. The van der Waals surface area contributed by atoms with Gasteiger partial charge in [-0.25, -0.2) is 0 Å². The number of fused-ring (bicyclic) bond motifs is 1. The number of ether oxygens (including phenoxy) is 1. The van der Waals surface area contributed by atoms with Gasteiger partial charge in [0.25, 0.3) is 0 Å². The summed E-state index contributed by atoms with van der Waals surface area (Å²) in [6.07, 6.45) is 2.68. The minimum atomic E-state index is 0.174. The van der Waals surface area contributed by atoms with Crippen molar-refractivity contribution in [3.63, 3.8) is 0 Å². The van der Waals surface area contributed by atoms with Crippen molar-refractivity contribution in [1.82, 2.24) is 0 Å². The number of hydrogen-bond acceptors (Lipinski definition) is 2. The first-order valence-corrected chi connectivity index (χ1v) is 7.17. The van der Waals surface area contributed by atoms with Gasteiger partial charge in [-0.05, 0) is 47.9 Å². The third-order valence-electron chi connectivity index (χ3n) is 4.20. The van der Waals surface area contributed by atoms with Gasteiger partial charge >= 0.3 is 0 Å². The number of aryl methyl sites for hydroxylation is 1. The maximum Gasteiger partial charge on any atom is 0.163 e. The molecule has 1 unspecified atom stereocenters. The first-order valence-electron chi connectivity index (χ1n) is 7.17. The summed E-state index contributed by atoms with van der Waals surface area (Å²) >= 11 is 0. The molecule has 0 spiro atoms. The number of hydrogen-bond donors (Lipinski definition) is 0. The first-order chi connectivity index (χ1) is 8.88. The fraction of sp³-hybridized carbons (Fsp3) is 0.588. The molecular weight excluding hydrogens is 236 g/mol. The molecule has 1 aliphatic heterocycles. The van der Waals surface area contributed by atoms with Crippen LogP contribution in [0.2, 0.25) is 0 Å². The fourth-order valence-electron chi connectivity index (χ4n) is 2.24. The molecule has 104 valence electrons. The van der Waals surface area contributed by atoms with Gasteiger partial charge in [0.15, 0.2) is 5.78 Å². The molecule has 1 aromatic rings. The molecule has 0 radical (unpaired) electrons. The highest BCUT2D eigenvalue weighted by atomic mass is 16.5. The molecule has 0 saturated carbocycles. The Balaban J connectivity index is 2.11.